The number of rotatable bonds is 5. The number of carbonyl (C=O) groups excluding carboxylic acids is 2. The summed E-state index contributed by atoms with van der Waals surface area (Å²) >= 11 is 4.21. The molecule has 6 heteroatoms. The zero-order valence-electron chi connectivity index (χ0n) is 12.8. The molecular weight excluding hydrogens is 310 g/mol. The SMILES string of the molecule is CC(Cc1ccccc1)NC(=O)N(S)c1ccc(C(N)=O)cc1. The van der Waals surface area contributed by atoms with Gasteiger partial charge >= 0.3 is 6.03 Å². The summed E-state index contributed by atoms with van der Waals surface area (Å²) in [5, 5.41) is 2.88. The molecule has 0 aliphatic carbocycles. The monoisotopic (exact) mass is 329 g/mol. The molecule has 3 N–H and O–H groups in total. The van der Waals surface area contributed by atoms with Crippen LogP contribution < -0.4 is 15.4 Å². The summed E-state index contributed by atoms with van der Waals surface area (Å²) in [5.41, 5.74) is 7.28. The predicted molar refractivity (Wildman–Crippen MR) is 94.6 cm³/mol. The lowest BCUT2D eigenvalue weighted by Gasteiger charge is -2.20. The first-order valence-electron chi connectivity index (χ1n) is 7.20. The summed E-state index contributed by atoms with van der Waals surface area (Å²) in [6.45, 7) is 1.93. The quantitative estimate of drug-likeness (QED) is 0.738. The van der Waals surface area contributed by atoms with E-state index < -0.39 is 5.91 Å². The third-order valence-corrected chi connectivity index (χ3v) is 3.76. The number of benzene rings is 2. The number of hydrogen-bond donors (Lipinski definition) is 3. The summed E-state index contributed by atoms with van der Waals surface area (Å²) in [6.07, 6.45) is 0.731. The highest BCUT2D eigenvalue weighted by Crippen LogP contribution is 2.17. The fraction of sp³-hybridized carbons (Fsp3) is 0.176. The van der Waals surface area contributed by atoms with Crippen molar-refractivity contribution in [1.82, 2.24) is 5.32 Å². The lowest BCUT2D eigenvalue weighted by molar-refractivity contribution is 0.100. The number of nitrogens with zero attached hydrogens (tertiary/aromatic N) is 1. The van der Waals surface area contributed by atoms with E-state index >= 15 is 0 Å². The van der Waals surface area contributed by atoms with Gasteiger partial charge in [-0.25, -0.2) is 9.10 Å². The van der Waals surface area contributed by atoms with E-state index in [1.54, 1.807) is 24.3 Å². The maximum atomic E-state index is 12.2. The zero-order valence-corrected chi connectivity index (χ0v) is 13.7. The molecule has 0 spiro atoms. The Labute approximate surface area is 141 Å². The van der Waals surface area contributed by atoms with Crippen LogP contribution in [0.3, 0.4) is 0 Å². The minimum atomic E-state index is -0.511. The van der Waals surface area contributed by atoms with Gasteiger partial charge in [-0.05, 0) is 43.2 Å². The number of urea groups is 1. The topological polar surface area (TPSA) is 75.4 Å². The Morgan fingerprint density at radius 2 is 1.74 bits per heavy atom. The zero-order chi connectivity index (χ0) is 16.8. The molecule has 0 radical (unpaired) electrons. The number of nitrogens with two attached hydrogens (primary N) is 1. The molecule has 2 rings (SSSR count). The van der Waals surface area contributed by atoms with Crippen LogP contribution in [-0.4, -0.2) is 18.0 Å². The van der Waals surface area contributed by atoms with E-state index in [1.807, 2.05) is 37.3 Å². The number of primary amides is 1. The van der Waals surface area contributed by atoms with Crippen molar-refractivity contribution in [1.29, 1.82) is 0 Å². The number of carbonyl (C=O) groups is 2. The molecule has 0 heterocycles. The number of nitrogens with one attached hydrogen (secondary N) is 1. The van der Waals surface area contributed by atoms with Gasteiger partial charge < -0.3 is 11.1 Å². The molecule has 2 aromatic carbocycles. The van der Waals surface area contributed by atoms with Crippen molar-refractivity contribution in [3.63, 3.8) is 0 Å². The minimum Gasteiger partial charge on any atom is -0.366 e. The van der Waals surface area contributed by atoms with Crippen LogP contribution in [0.25, 0.3) is 0 Å². The molecule has 0 saturated carbocycles. The van der Waals surface area contributed by atoms with Gasteiger partial charge in [0, 0.05) is 11.6 Å². The van der Waals surface area contributed by atoms with E-state index in [2.05, 4.69) is 18.1 Å². The van der Waals surface area contributed by atoms with Gasteiger partial charge in [-0.2, -0.15) is 0 Å². The van der Waals surface area contributed by atoms with Crippen LogP contribution in [0.2, 0.25) is 0 Å². The van der Waals surface area contributed by atoms with Crippen LogP contribution in [0.1, 0.15) is 22.8 Å². The fourth-order valence-electron chi connectivity index (χ4n) is 2.17. The van der Waals surface area contributed by atoms with Crippen molar-refractivity contribution in [2.45, 2.75) is 19.4 Å². The second-order valence-electron chi connectivity index (χ2n) is 5.26. The first-order valence-corrected chi connectivity index (χ1v) is 7.60. The molecule has 120 valence electrons. The first kappa shape index (κ1) is 16.9. The maximum absolute atomic E-state index is 12.2. The molecule has 1 atom stereocenters. The highest BCUT2D eigenvalue weighted by atomic mass is 32.1. The lowest BCUT2D eigenvalue weighted by Crippen LogP contribution is -2.40. The van der Waals surface area contributed by atoms with Crippen molar-refractivity contribution < 1.29 is 9.59 Å². The molecule has 0 aromatic heterocycles. The largest absolute Gasteiger partial charge is 0.366 e. The standard InChI is InChI=1S/C17H19N3O2S/c1-12(11-13-5-3-2-4-6-13)19-17(22)20(23)15-9-7-14(8-10-15)16(18)21/h2-10,12,23H,11H2,1H3,(H2,18,21)(H,19,22). The number of amides is 3. The second-order valence-corrected chi connectivity index (χ2v) is 5.66. The molecule has 0 saturated heterocycles. The lowest BCUT2D eigenvalue weighted by atomic mass is 10.1. The highest BCUT2D eigenvalue weighted by Gasteiger charge is 2.15. The molecule has 0 bridgehead atoms. The molecule has 23 heavy (non-hydrogen) atoms. The predicted octanol–water partition coefficient (Wildman–Crippen LogP) is 2.78. The van der Waals surface area contributed by atoms with Gasteiger partial charge in [-0.15, -0.1) is 0 Å². The van der Waals surface area contributed by atoms with E-state index in [1.165, 1.54) is 4.31 Å². The van der Waals surface area contributed by atoms with Crippen molar-refractivity contribution in [3.8, 4) is 0 Å². The Hall–Kier alpha value is -2.47. The molecule has 5 nitrogen and oxygen atoms in total. The normalized spacial score (nSPS) is 11.6. The fourth-order valence-corrected chi connectivity index (χ4v) is 2.37. The molecule has 0 aliphatic rings. The van der Waals surface area contributed by atoms with Crippen molar-refractivity contribution in [3.05, 3.63) is 65.7 Å². The van der Waals surface area contributed by atoms with Crippen LogP contribution in [0.5, 0.6) is 0 Å². The Bertz CT molecular complexity index is 674. The van der Waals surface area contributed by atoms with E-state index in [-0.39, 0.29) is 12.1 Å². The van der Waals surface area contributed by atoms with Gasteiger partial charge in [0.05, 0.1) is 5.69 Å². The second kappa shape index (κ2) is 7.69. The smallest absolute Gasteiger partial charge is 0.332 e. The molecule has 0 aliphatic heterocycles. The van der Waals surface area contributed by atoms with Gasteiger partial charge in [-0.1, -0.05) is 43.1 Å². The number of hydrogen-bond acceptors (Lipinski definition) is 3. The minimum absolute atomic E-state index is 0.0376. The van der Waals surface area contributed by atoms with Crippen LogP contribution in [-0.2, 0) is 6.42 Å². The Balaban J connectivity index is 1.95. The average molecular weight is 329 g/mol. The third-order valence-electron chi connectivity index (χ3n) is 3.34. The summed E-state index contributed by atoms with van der Waals surface area (Å²) in [5.74, 6) is -0.511. The van der Waals surface area contributed by atoms with Crippen molar-refractivity contribution in [2.24, 2.45) is 5.73 Å². The highest BCUT2D eigenvalue weighted by molar-refractivity contribution is 7.82. The molecule has 2 aromatic rings. The van der Waals surface area contributed by atoms with E-state index in [9.17, 15) is 9.59 Å². The van der Waals surface area contributed by atoms with E-state index in [0.29, 0.717) is 11.3 Å². The summed E-state index contributed by atoms with van der Waals surface area (Å²) in [6, 6.07) is 15.9. The van der Waals surface area contributed by atoms with E-state index in [0.717, 1.165) is 12.0 Å². The molecule has 1 unspecified atom stereocenters. The van der Waals surface area contributed by atoms with E-state index in [4.69, 9.17) is 5.73 Å². The summed E-state index contributed by atoms with van der Waals surface area (Å²) in [7, 11) is 0. The van der Waals surface area contributed by atoms with Crippen LogP contribution >= 0.6 is 12.8 Å². The Kier molecular flexibility index (Phi) is 5.65. The third kappa shape index (κ3) is 4.75. The summed E-state index contributed by atoms with van der Waals surface area (Å²) < 4.78 is 1.20. The van der Waals surface area contributed by atoms with Gasteiger partial charge in [0.15, 0.2) is 0 Å². The first-order chi connectivity index (χ1) is 11.0. The molecular formula is C17H19N3O2S. The maximum Gasteiger partial charge on any atom is 0.332 e. The van der Waals surface area contributed by atoms with Crippen LogP contribution in [0, 0.1) is 0 Å². The van der Waals surface area contributed by atoms with Crippen LogP contribution in [0.15, 0.2) is 54.6 Å². The number of thiol groups is 1. The number of anilines is 1. The molecule has 0 fully saturated rings. The van der Waals surface area contributed by atoms with Gasteiger partial charge in [-0.3, -0.25) is 4.79 Å². The van der Waals surface area contributed by atoms with Gasteiger partial charge in [0.2, 0.25) is 5.91 Å². The van der Waals surface area contributed by atoms with Gasteiger partial charge in [0.25, 0.3) is 0 Å². The Morgan fingerprint density at radius 3 is 2.30 bits per heavy atom. The average Bonchev–Trinajstić information content (AvgIpc) is 2.55. The summed E-state index contributed by atoms with van der Waals surface area (Å²) in [4.78, 5) is 23.3. The Morgan fingerprint density at radius 1 is 1.13 bits per heavy atom. The van der Waals surface area contributed by atoms with Crippen molar-refractivity contribution >= 4 is 30.4 Å². The van der Waals surface area contributed by atoms with Crippen molar-refractivity contribution in [2.75, 3.05) is 4.31 Å². The molecule has 3 amide bonds. The van der Waals surface area contributed by atoms with Gasteiger partial charge in [0.1, 0.15) is 0 Å². The van der Waals surface area contributed by atoms with Crippen LogP contribution in [0.4, 0.5) is 10.5 Å².